The lowest BCUT2D eigenvalue weighted by atomic mass is 10.0. The fourth-order valence-electron chi connectivity index (χ4n) is 2.82. The Kier molecular flexibility index (Phi) is 9.03. The van der Waals surface area contributed by atoms with Gasteiger partial charge in [-0.3, -0.25) is 9.59 Å². The molecule has 172 valence electrons. The van der Waals surface area contributed by atoms with E-state index in [0.717, 1.165) is 4.88 Å². The van der Waals surface area contributed by atoms with Crippen molar-refractivity contribution in [1.82, 2.24) is 5.32 Å². The number of benzene rings is 1. The lowest BCUT2D eigenvalue weighted by Crippen LogP contribution is -2.35. The summed E-state index contributed by atoms with van der Waals surface area (Å²) in [5, 5.41) is 5.87. The number of rotatable bonds is 9. The van der Waals surface area contributed by atoms with E-state index in [-0.39, 0.29) is 18.6 Å². The highest BCUT2D eigenvalue weighted by molar-refractivity contribution is 7.16. The van der Waals surface area contributed by atoms with Crippen LogP contribution < -0.4 is 16.4 Å². The van der Waals surface area contributed by atoms with Crippen LogP contribution in [0.2, 0.25) is 5.02 Å². The fraction of sp³-hybridized carbons (Fsp3) is 0.333. The van der Waals surface area contributed by atoms with Gasteiger partial charge in [0.1, 0.15) is 5.00 Å². The summed E-state index contributed by atoms with van der Waals surface area (Å²) in [6.07, 6.45) is -0.247. The van der Waals surface area contributed by atoms with Crippen LogP contribution in [0.4, 0.5) is 9.80 Å². The number of nitrogens with two attached hydrogens (primary N) is 1. The van der Waals surface area contributed by atoms with E-state index in [9.17, 15) is 19.2 Å². The second-order valence-corrected chi connectivity index (χ2v) is 8.39. The standard InChI is InChI=1S/C21H24ClN3O6S/c1-4-30-20(28)18-11(2)12(3)32-19(18)25-16(26)10-31-17(27)9-15(24-21(23)29)13-5-7-14(22)8-6-13/h5-8,15H,4,9-10H2,1-3H3,(H,25,26)(H3,23,24,29). The van der Waals surface area contributed by atoms with Gasteiger partial charge >= 0.3 is 18.0 Å². The number of carbonyl (C=O) groups is 4. The number of halogens is 1. The largest absolute Gasteiger partial charge is 0.462 e. The maximum Gasteiger partial charge on any atom is 0.341 e. The first kappa shape index (κ1) is 25.2. The highest BCUT2D eigenvalue weighted by atomic mass is 35.5. The number of ether oxygens (including phenoxy) is 2. The Bertz CT molecular complexity index is 1010. The van der Waals surface area contributed by atoms with Gasteiger partial charge in [0.25, 0.3) is 5.91 Å². The molecule has 0 aliphatic rings. The Morgan fingerprint density at radius 3 is 2.38 bits per heavy atom. The second-order valence-electron chi connectivity index (χ2n) is 6.73. The number of primary amides is 1. The molecule has 1 atom stereocenters. The molecule has 1 unspecified atom stereocenters. The van der Waals surface area contributed by atoms with Crippen molar-refractivity contribution in [2.45, 2.75) is 33.2 Å². The molecule has 3 amide bonds. The highest BCUT2D eigenvalue weighted by Crippen LogP contribution is 2.33. The smallest absolute Gasteiger partial charge is 0.341 e. The van der Waals surface area contributed by atoms with Crippen molar-refractivity contribution in [3.63, 3.8) is 0 Å². The third kappa shape index (κ3) is 6.96. The van der Waals surface area contributed by atoms with E-state index in [0.29, 0.717) is 21.2 Å². The van der Waals surface area contributed by atoms with Crippen LogP contribution in [-0.4, -0.2) is 37.1 Å². The average molecular weight is 482 g/mol. The minimum atomic E-state index is -0.814. The number of thiophene rings is 1. The predicted octanol–water partition coefficient (Wildman–Crippen LogP) is 3.48. The van der Waals surface area contributed by atoms with E-state index in [1.165, 1.54) is 11.3 Å². The molecule has 11 heteroatoms. The van der Waals surface area contributed by atoms with Gasteiger partial charge in [0.15, 0.2) is 6.61 Å². The lowest BCUT2D eigenvalue weighted by Gasteiger charge is -2.17. The topological polar surface area (TPSA) is 137 Å². The van der Waals surface area contributed by atoms with Crippen molar-refractivity contribution in [3.8, 4) is 0 Å². The zero-order valence-corrected chi connectivity index (χ0v) is 19.4. The van der Waals surface area contributed by atoms with E-state index >= 15 is 0 Å². The molecule has 0 radical (unpaired) electrons. The molecule has 1 aromatic heterocycles. The Labute approximate surface area is 194 Å². The molecule has 0 saturated heterocycles. The number of hydrogen-bond donors (Lipinski definition) is 3. The first-order valence-corrected chi connectivity index (χ1v) is 10.9. The Hall–Kier alpha value is -3.11. The summed E-state index contributed by atoms with van der Waals surface area (Å²) in [7, 11) is 0. The van der Waals surface area contributed by atoms with Crippen molar-refractivity contribution in [2.75, 3.05) is 18.5 Å². The summed E-state index contributed by atoms with van der Waals surface area (Å²) < 4.78 is 10.1. The Morgan fingerprint density at radius 2 is 1.78 bits per heavy atom. The third-order valence-electron chi connectivity index (χ3n) is 4.44. The van der Waals surface area contributed by atoms with Crippen molar-refractivity contribution < 1.29 is 28.7 Å². The second kappa shape index (κ2) is 11.5. The molecule has 4 N–H and O–H groups in total. The number of hydrogen-bond acceptors (Lipinski definition) is 7. The molecule has 0 fully saturated rings. The highest BCUT2D eigenvalue weighted by Gasteiger charge is 2.23. The Morgan fingerprint density at radius 1 is 1.12 bits per heavy atom. The van der Waals surface area contributed by atoms with E-state index in [4.69, 9.17) is 26.8 Å². The van der Waals surface area contributed by atoms with Crippen LogP contribution in [-0.2, 0) is 19.1 Å². The van der Waals surface area contributed by atoms with Crippen molar-refractivity contribution in [3.05, 3.63) is 50.9 Å². The third-order valence-corrected chi connectivity index (χ3v) is 5.82. The van der Waals surface area contributed by atoms with Gasteiger partial charge in [0.05, 0.1) is 24.6 Å². The van der Waals surface area contributed by atoms with Crippen LogP contribution in [0.3, 0.4) is 0 Å². The molecule has 2 aromatic rings. The molecule has 32 heavy (non-hydrogen) atoms. The van der Waals surface area contributed by atoms with E-state index in [2.05, 4.69) is 10.6 Å². The SMILES string of the molecule is CCOC(=O)c1c(NC(=O)COC(=O)CC(NC(N)=O)c2ccc(Cl)cc2)sc(C)c1C. The molecular formula is C21H24ClN3O6S. The summed E-state index contributed by atoms with van der Waals surface area (Å²) in [6.45, 7) is 4.90. The molecule has 2 rings (SSSR count). The van der Waals surface area contributed by atoms with E-state index < -0.39 is 36.5 Å². The molecule has 0 saturated carbocycles. The van der Waals surface area contributed by atoms with Gasteiger partial charge in [-0.05, 0) is 44.0 Å². The minimum absolute atomic E-state index is 0.201. The Balaban J connectivity index is 1.99. The van der Waals surface area contributed by atoms with Crippen molar-refractivity contribution >= 4 is 51.8 Å². The van der Waals surface area contributed by atoms with Crippen LogP contribution in [0.1, 0.15) is 45.7 Å². The van der Waals surface area contributed by atoms with Crippen molar-refractivity contribution in [2.24, 2.45) is 5.73 Å². The fourth-order valence-corrected chi connectivity index (χ4v) is 4.01. The quantitative estimate of drug-likeness (QED) is 0.469. The van der Waals surface area contributed by atoms with Gasteiger partial charge in [-0.2, -0.15) is 0 Å². The van der Waals surface area contributed by atoms with Crippen LogP contribution in [0.15, 0.2) is 24.3 Å². The summed E-state index contributed by atoms with van der Waals surface area (Å²) in [6, 6.07) is 4.93. The van der Waals surface area contributed by atoms with Gasteiger partial charge < -0.3 is 25.8 Å². The number of amides is 3. The maximum atomic E-state index is 12.3. The number of urea groups is 1. The molecule has 0 aliphatic carbocycles. The first-order valence-electron chi connectivity index (χ1n) is 9.66. The van der Waals surface area contributed by atoms with Crippen LogP contribution >= 0.6 is 22.9 Å². The molecular weight excluding hydrogens is 458 g/mol. The van der Waals surface area contributed by atoms with Crippen LogP contribution in [0.5, 0.6) is 0 Å². The monoisotopic (exact) mass is 481 g/mol. The van der Waals surface area contributed by atoms with Gasteiger partial charge in [-0.25, -0.2) is 9.59 Å². The van der Waals surface area contributed by atoms with Gasteiger partial charge in [0.2, 0.25) is 0 Å². The lowest BCUT2D eigenvalue weighted by molar-refractivity contribution is -0.147. The molecule has 9 nitrogen and oxygen atoms in total. The molecule has 0 spiro atoms. The average Bonchev–Trinajstić information content (AvgIpc) is 2.99. The van der Waals surface area contributed by atoms with Gasteiger partial charge in [-0.15, -0.1) is 11.3 Å². The van der Waals surface area contributed by atoms with Gasteiger partial charge in [0, 0.05) is 9.90 Å². The van der Waals surface area contributed by atoms with E-state index in [1.807, 2.05) is 6.92 Å². The normalized spacial score (nSPS) is 11.4. The molecule has 0 bridgehead atoms. The maximum absolute atomic E-state index is 12.3. The van der Waals surface area contributed by atoms with Crippen LogP contribution in [0, 0.1) is 13.8 Å². The summed E-state index contributed by atoms with van der Waals surface area (Å²) in [4.78, 5) is 48.9. The number of nitrogens with one attached hydrogen (secondary N) is 2. The summed E-state index contributed by atoms with van der Waals surface area (Å²) in [5.41, 5.74) is 6.78. The van der Waals surface area contributed by atoms with Gasteiger partial charge in [-0.1, -0.05) is 23.7 Å². The number of carbonyl (C=O) groups excluding carboxylic acids is 4. The summed E-state index contributed by atoms with van der Waals surface area (Å²) in [5.74, 6) is -1.88. The molecule has 1 aromatic carbocycles. The molecule has 1 heterocycles. The van der Waals surface area contributed by atoms with Crippen LogP contribution in [0.25, 0.3) is 0 Å². The predicted molar refractivity (Wildman–Crippen MR) is 121 cm³/mol. The minimum Gasteiger partial charge on any atom is -0.462 e. The first-order chi connectivity index (χ1) is 15.1. The zero-order valence-electron chi connectivity index (χ0n) is 17.8. The number of aryl methyl sites for hydroxylation is 1. The summed E-state index contributed by atoms with van der Waals surface area (Å²) >= 11 is 7.09. The van der Waals surface area contributed by atoms with E-state index in [1.54, 1.807) is 38.1 Å². The molecule has 0 aliphatic heterocycles. The van der Waals surface area contributed by atoms with Crippen molar-refractivity contribution in [1.29, 1.82) is 0 Å². The number of anilines is 1. The number of esters is 2. The zero-order chi connectivity index (χ0) is 23.8.